The molecule has 0 aromatic carbocycles. The van der Waals surface area contributed by atoms with Gasteiger partial charge in [-0.25, -0.2) is 9.59 Å². The predicted octanol–water partition coefficient (Wildman–Crippen LogP) is 0.678. The maximum Gasteiger partial charge on any atom is 0.409 e. The number of carboxylic acid groups (broad SMARTS) is 1. The van der Waals surface area contributed by atoms with Gasteiger partial charge in [0, 0.05) is 13.5 Å². The van der Waals surface area contributed by atoms with Gasteiger partial charge in [-0.3, -0.25) is 4.79 Å². The summed E-state index contributed by atoms with van der Waals surface area (Å²) in [5.74, 6) is -2.15. The Kier molecular flexibility index (Phi) is 9.81. The van der Waals surface area contributed by atoms with E-state index in [1.54, 1.807) is 26.8 Å². The molecule has 0 aromatic rings. The van der Waals surface area contributed by atoms with Crippen molar-refractivity contribution in [2.45, 2.75) is 45.0 Å². The largest absolute Gasteiger partial charge is 0.480 e. The van der Waals surface area contributed by atoms with Gasteiger partial charge >= 0.3 is 12.1 Å². The minimum Gasteiger partial charge on any atom is -0.480 e. The first-order valence-electron chi connectivity index (χ1n) is 7.79. The van der Waals surface area contributed by atoms with Gasteiger partial charge < -0.3 is 30.5 Å². The monoisotopic (exact) mass is 389 g/mol. The number of likely N-dealkylation sites (N-methyl/N-ethyl adjacent to an activating group) is 1. The molecule has 9 nitrogen and oxygen atoms in total. The van der Waals surface area contributed by atoms with Crippen LogP contribution in [0.4, 0.5) is 4.79 Å². The number of nitrogens with zero attached hydrogens (tertiary/aromatic N) is 1. The Labute approximate surface area is 158 Å². The number of carbonyl (C=O) groups is 3. The molecule has 0 aliphatic carbocycles. The van der Waals surface area contributed by atoms with Crippen molar-refractivity contribution in [1.82, 2.24) is 15.5 Å². The van der Waals surface area contributed by atoms with Gasteiger partial charge in [0.15, 0.2) is 6.04 Å². The Morgan fingerprint density at radius 2 is 1.88 bits per heavy atom. The summed E-state index contributed by atoms with van der Waals surface area (Å²) in [6.45, 7) is 7.99. The maximum absolute atomic E-state index is 12.3. The molecular formula is C16H27N3O6S. The molecule has 1 unspecified atom stereocenters. The lowest BCUT2D eigenvalue weighted by molar-refractivity contribution is -0.142. The lowest BCUT2D eigenvalue weighted by Crippen LogP contribution is -2.51. The van der Waals surface area contributed by atoms with Gasteiger partial charge in [-0.2, -0.15) is 0 Å². The molecule has 0 aromatic heterocycles. The number of hydrogen-bond donors (Lipinski definition) is 5. The van der Waals surface area contributed by atoms with E-state index >= 15 is 0 Å². The molecule has 148 valence electrons. The third-order valence-electron chi connectivity index (χ3n) is 3.06. The topological polar surface area (TPSA) is 128 Å². The van der Waals surface area contributed by atoms with Gasteiger partial charge in [0.2, 0.25) is 0 Å². The molecule has 0 saturated carbocycles. The second-order valence-corrected chi connectivity index (χ2v) is 6.62. The molecule has 0 heterocycles. The number of hydrogen-bond acceptors (Lipinski definition) is 7. The molecule has 2 amide bonds. The van der Waals surface area contributed by atoms with Crippen LogP contribution in [0, 0.1) is 0 Å². The number of carbonyl (C=O) groups excluding carboxylic acids is 2. The molecular weight excluding hydrogens is 362 g/mol. The van der Waals surface area contributed by atoms with Crippen LogP contribution in [0.5, 0.6) is 0 Å². The van der Waals surface area contributed by atoms with Gasteiger partial charge in [-0.15, -0.1) is 19.2 Å². The Balaban J connectivity index is 5.25. The summed E-state index contributed by atoms with van der Waals surface area (Å²) < 4.78 is 5.19. The van der Waals surface area contributed by atoms with Crippen molar-refractivity contribution in [2.75, 3.05) is 13.7 Å². The van der Waals surface area contributed by atoms with Crippen molar-refractivity contribution in [2.24, 2.45) is 0 Å². The zero-order valence-electron chi connectivity index (χ0n) is 15.4. The number of aliphatic hydroxyl groups is 1. The minimum atomic E-state index is -1.46. The van der Waals surface area contributed by atoms with E-state index in [9.17, 15) is 14.4 Å². The zero-order chi connectivity index (χ0) is 20.5. The highest BCUT2D eigenvalue weighted by molar-refractivity contribution is 7.83. The number of alkyl carbamates (subject to hydrolysis) is 1. The molecule has 0 fully saturated rings. The van der Waals surface area contributed by atoms with Crippen molar-refractivity contribution in [3.63, 3.8) is 0 Å². The van der Waals surface area contributed by atoms with Crippen LogP contribution in [0.2, 0.25) is 0 Å². The molecule has 0 saturated heterocycles. The molecule has 0 rings (SSSR count). The Morgan fingerprint density at radius 1 is 1.31 bits per heavy atom. The Hall–Kier alpha value is -2.20. The highest BCUT2D eigenvalue weighted by atomic mass is 32.1. The summed E-state index contributed by atoms with van der Waals surface area (Å²) in [5, 5.41) is 23.9. The lowest BCUT2D eigenvalue weighted by atomic mass is 10.2. The van der Waals surface area contributed by atoms with Crippen LogP contribution < -0.4 is 10.6 Å². The molecule has 0 spiro atoms. The van der Waals surface area contributed by atoms with Gasteiger partial charge in [0.25, 0.3) is 5.91 Å². The number of nitrogens with one attached hydrogen (secondary N) is 2. The maximum atomic E-state index is 12.3. The van der Waals surface area contributed by atoms with Crippen molar-refractivity contribution in [3.8, 4) is 0 Å². The number of ether oxygens (including phenoxy) is 1. The molecule has 0 radical (unpaired) electrons. The summed E-state index contributed by atoms with van der Waals surface area (Å²) in [7, 11) is 1.52. The van der Waals surface area contributed by atoms with Gasteiger partial charge in [-0.1, -0.05) is 6.08 Å². The van der Waals surface area contributed by atoms with E-state index in [0.717, 1.165) is 0 Å². The van der Waals surface area contributed by atoms with E-state index in [-0.39, 0.29) is 12.1 Å². The van der Waals surface area contributed by atoms with Crippen molar-refractivity contribution in [1.29, 1.82) is 0 Å². The van der Waals surface area contributed by atoms with E-state index < -0.39 is 42.4 Å². The summed E-state index contributed by atoms with van der Waals surface area (Å²) in [4.78, 5) is 36.6. The summed E-state index contributed by atoms with van der Waals surface area (Å²) in [5.41, 5.74) is -0.715. The van der Waals surface area contributed by atoms with Crippen LogP contribution in [-0.4, -0.2) is 64.5 Å². The third-order valence-corrected chi connectivity index (χ3v) is 3.31. The third kappa shape index (κ3) is 8.26. The van der Waals surface area contributed by atoms with Gasteiger partial charge in [0.05, 0.1) is 6.61 Å². The molecule has 0 bridgehead atoms. The number of aliphatic hydroxyl groups excluding tert-OH is 1. The van der Waals surface area contributed by atoms with E-state index in [0.29, 0.717) is 0 Å². The number of aliphatic carboxylic acids is 1. The normalized spacial score (nSPS) is 14.0. The van der Waals surface area contributed by atoms with Crippen LogP contribution in [0.3, 0.4) is 0 Å². The molecule has 26 heavy (non-hydrogen) atoms. The summed E-state index contributed by atoms with van der Waals surface area (Å²) in [6.07, 6.45) is 0.439. The smallest absolute Gasteiger partial charge is 0.409 e. The Bertz CT molecular complexity index is 559. The fourth-order valence-corrected chi connectivity index (χ4v) is 2.11. The fourth-order valence-electron chi connectivity index (χ4n) is 1.81. The van der Waals surface area contributed by atoms with E-state index in [1.165, 1.54) is 17.4 Å². The first kappa shape index (κ1) is 23.8. The van der Waals surface area contributed by atoms with Crippen LogP contribution in [0.25, 0.3) is 0 Å². The highest BCUT2D eigenvalue weighted by Gasteiger charge is 2.27. The van der Waals surface area contributed by atoms with Crippen molar-refractivity contribution < 1.29 is 29.3 Å². The minimum absolute atomic E-state index is 0.0176. The molecule has 10 heteroatoms. The highest BCUT2D eigenvalue weighted by Crippen LogP contribution is 2.13. The quantitative estimate of drug-likeness (QED) is 0.170. The first-order chi connectivity index (χ1) is 12.0. The summed E-state index contributed by atoms with van der Waals surface area (Å²) >= 11 is 3.98. The Morgan fingerprint density at radius 3 is 2.27 bits per heavy atom. The second-order valence-electron chi connectivity index (χ2n) is 6.36. The van der Waals surface area contributed by atoms with Crippen molar-refractivity contribution in [3.05, 3.63) is 23.8 Å². The van der Waals surface area contributed by atoms with Crippen LogP contribution in [-0.2, 0) is 14.3 Å². The molecule has 0 aliphatic rings. The molecule has 4 N–H and O–H groups in total. The first-order valence-corrected chi connectivity index (χ1v) is 8.30. The zero-order valence-corrected chi connectivity index (χ0v) is 16.2. The predicted molar refractivity (Wildman–Crippen MR) is 99.5 cm³/mol. The summed E-state index contributed by atoms with van der Waals surface area (Å²) in [6, 6.07) is -1.46. The number of rotatable bonds is 9. The fraction of sp³-hybridized carbons (Fsp3) is 0.562. The van der Waals surface area contributed by atoms with E-state index in [4.69, 9.17) is 14.9 Å². The average molecular weight is 389 g/mol. The second kappa shape index (κ2) is 10.7. The van der Waals surface area contributed by atoms with Crippen LogP contribution in [0.1, 0.15) is 27.2 Å². The van der Waals surface area contributed by atoms with E-state index in [1.807, 2.05) is 0 Å². The number of thiol groups is 1. The molecule has 0 aliphatic heterocycles. The lowest BCUT2D eigenvalue weighted by Gasteiger charge is -2.32. The van der Waals surface area contributed by atoms with Crippen LogP contribution in [0.15, 0.2) is 23.8 Å². The SMILES string of the molecule is C=CCC(NC(=O)OC(C)(C)C)N(C)/C(=C\S)C(=O)N[C@@H](CO)C(=O)O. The standard InChI is InChI=1S/C16H27N3O6S/c1-6-7-12(18-15(24)25-16(2,3)4)19(5)11(9-26)13(21)17-10(8-20)14(22)23/h6,9-10,12,20,26H,1,7-8H2,2-5H3,(H,17,21)(H,18,24)(H,22,23)/b11-9-/t10-,12?/m0/s1. The number of amides is 2. The molecule has 2 atom stereocenters. The van der Waals surface area contributed by atoms with Gasteiger partial charge in [0.1, 0.15) is 17.5 Å². The van der Waals surface area contributed by atoms with E-state index in [2.05, 4.69) is 29.8 Å². The van der Waals surface area contributed by atoms with Gasteiger partial charge in [-0.05, 0) is 26.2 Å². The van der Waals surface area contributed by atoms with Crippen LogP contribution >= 0.6 is 12.6 Å². The average Bonchev–Trinajstić information content (AvgIpc) is 2.50. The number of carboxylic acids is 1. The van der Waals surface area contributed by atoms with Crippen molar-refractivity contribution >= 4 is 30.6 Å².